The number of hydrogen-bond donors (Lipinski definition) is 3. The Morgan fingerprint density at radius 3 is 2.50 bits per heavy atom. The molecule has 0 saturated heterocycles. The lowest BCUT2D eigenvalue weighted by molar-refractivity contribution is -0.123. The highest BCUT2D eigenvalue weighted by Gasteiger charge is 2.07. The van der Waals surface area contributed by atoms with Gasteiger partial charge in [0, 0.05) is 10.7 Å². The molecule has 0 aliphatic carbocycles. The quantitative estimate of drug-likeness (QED) is 0.665. The lowest BCUT2D eigenvalue weighted by atomic mass is 9.99. The average Bonchev–Trinajstić information content (AvgIpc) is 2.64. The van der Waals surface area contributed by atoms with E-state index in [1.54, 1.807) is 24.3 Å². The van der Waals surface area contributed by atoms with Crippen molar-refractivity contribution in [2.75, 3.05) is 11.9 Å². The molecule has 0 aromatic heterocycles. The third-order valence-corrected chi connectivity index (χ3v) is 4.06. The van der Waals surface area contributed by atoms with Crippen molar-refractivity contribution in [2.45, 2.75) is 26.2 Å². The summed E-state index contributed by atoms with van der Waals surface area (Å²) >= 11 is 5.83. The number of anilines is 1. The van der Waals surface area contributed by atoms with Gasteiger partial charge in [-0.25, -0.2) is 10.2 Å². The first-order chi connectivity index (χ1) is 12.5. The average molecular weight is 376 g/mol. The van der Waals surface area contributed by atoms with Crippen LogP contribution in [-0.4, -0.2) is 18.5 Å². The van der Waals surface area contributed by atoms with Gasteiger partial charge in [-0.1, -0.05) is 43.6 Å². The summed E-state index contributed by atoms with van der Waals surface area (Å²) in [7, 11) is 0. The Balaban J connectivity index is 1.72. The minimum absolute atomic E-state index is 0.208. The molecule has 0 bridgehead atoms. The molecule has 0 saturated carbocycles. The first-order valence-corrected chi connectivity index (χ1v) is 8.70. The lowest BCUT2D eigenvalue weighted by Gasteiger charge is -2.11. The Hall–Kier alpha value is -2.73. The zero-order valence-corrected chi connectivity index (χ0v) is 15.5. The molecule has 0 fully saturated rings. The van der Waals surface area contributed by atoms with E-state index in [0.717, 1.165) is 6.42 Å². The van der Waals surface area contributed by atoms with Crippen molar-refractivity contribution >= 4 is 29.2 Å². The van der Waals surface area contributed by atoms with Crippen molar-refractivity contribution in [2.24, 2.45) is 0 Å². The second-order valence-corrected chi connectivity index (χ2v) is 6.24. The molecule has 7 heteroatoms. The molecule has 138 valence electrons. The molecule has 2 aromatic rings. The van der Waals surface area contributed by atoms with E-state index in [-0.39, 0.29) is 6.61 Å². The molecular weight excluding hydrogens is 354 g/mol. The first kappa shape index (κ1) is 19.6. The number of rotatable bonds is 6. The fourth-order valence-corrected chi connectivity index (χ4v) is 2.36. The minimum atomic E-state index is -0.585. The van der Waals surface area contributed by atoms with Crippen LogP contribution in [-0.2, 0) is 4.79 Å². The first-order valence-electron chi connectivity index (χ1n) is 8.32. The second-order valence-electron chi connectivity index (χ2n) is 5.80. The molecule has 3 amide bonds. The Bertz CT molecular complexity index is 750. The monoisotopic (exact) mass is 375 g/mol. The smallest absolute Gasteiger partial charge is 0.337 e. The highest BCUT2D eigenvalue weighted by Crippen LogP contribution is 2.21. The zero-order valence-electron chi connectivity index (χ0n) is 14.7. The summed E-state index contributed by atoms with van der Waals surface area (Å²) in [5.41, 5.74) is 6.25. The van der Waals surface area contributed by atoms with Crippen molar-refractivity contribution in [1.82, 2.24) is 10.9 Å². The molecule has 2 aromatic carbocycles. The summed E-state index contributed by atoms with van der Waals surface area (Å²) in [5.74, 6) is 0.599. The molecule has 6 nitrogen and oxygen atoms in total. The molecule has 0 aliphatic heterocycles. The maximum Gasteiger partial charge on any atom is 0.337 e. The van der Waals surface area contributed by atoms with E-state index in [2.05, 4.69) is 30.0 Å². The highest BCUT2D eigenvalue weighted by molar-refractivity contribution is 6.30. The van der Waals surface area contributed by atoms with Gasteiger partial charge < -0.3 is 10.1 Å². The van der Waals surface area contributed by atoms with Gasteiger partial charge in [-0.15, -0.1) is 0 Å². The van der Waals surface area contributed by atoms with Gasteiger partial charge in [-0.2, -0.15) is 0 Å². The maximum atomic E-state index is 11.7. The number of urea groups is 1. The normalized spacial score (nSPS) is 11.3. The number of carbonyl (C=O) groups excluding carboxylic acids is 2. The molecule has 0 spiro atoms. The molecule has 26 heavy (non-hydrogen) atoms. The van der Waals surface area contributed by atoms with Crippen LogP contribution < -0.4 is 20.9 Å². The van der Waals surface area contributed by atoms with Crippen LogP contribution in [0.1, 0.15) is 31.7 Å². The zero-order chi connectivity index (χ0) is 18.9. The molecule has 1 atom stereocenters. The Morgan fingerprint density at radius 2 is 1.85 bits per heavy atom. The van der Waals surface area contributed by atoms with Crippen LogP contribution in [0.2, 0.25) is 5.02 Å². The van der Waals surface area contributed by atoms with Crippen LogP contribution in [0.25, 0.3) is 0 Å². The van der Waals surface area contributed by atoms with Gasteiger partial charge in [-0.3, -0.25) is 10.2 Å². The number of hydrazine groups is 1. The van der Waals surface area contributed by atoms with Crippen LogP contribution >= 0.6 is 11.6 Å². The van der Waals surface area contributed by atoms with E-state index in [1.165, 1.54) is 5.56 Å². The van der Waals surface area contributed by atoms with Crippen molar-refractivity contribution in [3.8, 4) is 5.75 Å². The van der Waals surface area contributed by atoms with Gasteiger partial charge in [0.2, 0.25) is 0 Å². The molecular formula is C19H22ClN3O3. The Kier molecular flexibility index (Phi) is 7.29. The van der Waals surface area contributed by atoms with E-state index < -0.39 is 11.9 Å². The fourth-order valence-electron chi connectivity index (χ4n) is 2.17. The maximum absolute atomic E-state index is 11.7. The van der Waals surface area contributed by atoms with E-state index >= 15 is 0 Å². The summed E-state index contributed by atoms with van der Waals surface area (Å²) in [6.45, 7) is 4.08. The van der Waals surface area contributed by atoms with Crippen LogP contribution in [0.5, 0.6) is 5.75 Å². The SMILES string of the molecule is CCC(C)c1ccc(OCC(=O)NNC(=O)Nc2cccc(Cl)c2)cc1. The number of carbonyl (C=O) groups is 2. The summed E-state index contributed by atoms with van der Waals surface area (Å²) in [5, 5.41) is 3.04. The second kappa shape index (κ2) is 9.68. The molecule has 0 heterocycles. The predicted octanol–water partition coefficient (Wildman–Crippen LogP) is 4.09. The van der Waals surface area contributed by atoms with E-state index in [1.807, 2.05) is 24.3 Å². The van der Waals surface area contributed by atoms with Crippen molar-refractivity contribution in [3.63, 3.8) is 0 Å². The topological polar surface area (TPSA) is 79.5 Å². The third-order valence-electron chi connectivity index (χ3n) is 3.83. The standard InChI is InChI=1S/C19H22ClN3O3/c1-3-13(2)14-7-9-17(10-8-14)26-12-18(24)22-23-19(25)21-16-6-4-5-15(20)11-16/h4-11,13H,3,12H2,1-2H3,(H,22,24)(H2,21,23,25). The minimum Gasteiger partial charge on any atom is -0.484 e. The summed E-state index contributed by atoms with van der Waals surface area (Å²) in [6.07, 6.45) is 1.06. The molecule has 1 unspecified atom stereocenters. The molecule has 0 radical (unpaired) electrons. The fraction of sp³-hybridized carbons (Fsp3) is 0.263. The molecule has 2 rings (SSSR count). The molecule has 3 N–H and O–H groups in total. The number of ether oxygens (including phenoxy) is 1. The number of halogens is 1. The van der Waals surface area contributed by atoms with E-state index in [4.69, 9.17) is 16.3 Å². The van der Waals surface area contributed by atoms with Gasteiger partial charge in [0.1, 0.15) is 5.75 Å². The summed E-state index contributed by atoms with van der Waals surface area (Å²) < 4.78 is 5.40. The van der Waals surface area contributed by atoms with Gasteiger partial charge in [0.25, 0.3) is 5.91 Å². The van der Waals surface area contributed by atoms with Crippen LogP contribution in [0.15, 0.2) is 48.5 Å². The van der Waals surface area contributed by atoms with Crippen LogP contribution in [0, 0.1) is 0 Å². The van der Waals surface area contributed by atoms with Crippen molar-refractivity contribution in [1.29, 1.82) is 0 Å². The van der Waals surface area contributed by atoms with Gasteiger partial charge >= 0.3 is 6.03 Å². The van der Waals surface area contributed by atoms with Crippen molar-refractivity contribution < 1.29 is 14.3 Å². The third kappa shape index (κ3) is 6.29. The number of hydrogen-bond acceptors (Lipinski definition) is 3. The largest absolute Gasteiger partial charge is 0.484 e. The van der Waals surface area contributed by atoms with Crippen LogP contribution in [0.4, 0.5) is 10.5 Å². The summed E-state index contributed by atoms with van der Waals surface area (Å²) in [6, 6.07) is 13.7. The molecule has 0 aliphatic rings. The number of amides is 3. The van der Waals surface area contributed by atoms with E-state index in [0.29, 0.717) is 22.4 Å². The van der Waals surface area contributed by atoms with Gasteiger partial charge in [0.05, 0.1) is 0 Å². The van der Waals surface area contributed by atoms with Crippen LogP contribution in [0.3, 0.4) is 0 Å². The lowest BCUT2D eigenvalue weighted by Crippen LogP contribution is -2.45. The van der Waals surface area contributed by atoms with Gasteiger partial charge in [0.15, 0.2) is 6.61 Å². The Labute approximate surface area is 157 Å². The number of nitrogens with one attached hydrogen (secondary N) is 3. The number of benzene rings is 2. The Morgan fingerprint density at radius 1 is 1.12 bits per heavy atom. The highest BCUT2D eigenvalue weighted by atomic mass is 35.5. The van der Waals surface area contributed by atoms with E-state index in [9.17, 15) is 9.59 Å². The summed E-state index contributed by atoms with van der Waals surface area (Å²) in [4.78, 5) is 23.5. The van der Waals surface area contributed by atoms with Crippen molar-refractivity contribution in [3.05, 3.63) is 59.1 Å². The predicted molar refractivity (Wildman–Crippen MR) is 102 cm³/mol. The van der Waals surface area contributed by atoms with Gasteiger partial charge in [-0.05, 0) is 48.2 Å².